The van der Waals surface area contributed by atoms with Crippen molar-refractivity contribution in [2.45, 2.75) is 19.9 Å². The van der Waals surface area contributed by atoms with Crippen LogP contribution < -0.4 is 5.73 Å². The summed E-state index contributed by atoms with van der Waals surface area (Å²) in [7, 11) is 0. The summed E-state index contributed by atoms with van der Waals surface area (Å²) in [5.74, 6) is 1.63. The molecule has 72 valence electrons. The minimum absolute atomic E-state index is 0.0573. The minimum Gasteiger partial charge on any atom is -0.395 e. The average Bonchev–Trinajstić information content (AvgIpc) is 1.94. The Hall–Kier alpha value is -0.120. The molecule has 0 amide bonds. The van der Waals surface area contributed by atoms with E-state index in [1.165, 1.54) is 0 Å². The standard InChI is InChI=1S/C9H20N2O/c1-7(2)8-3-11(4-8)5-9(10)6-12/h7-9,12H,3-6,10H2,1-2H3. The molecule has 1 rings (SSSR count). The van der Waals surface area contributed by atoms with E-state index in [1.807, 2.05) is 0 Å². The summed E-state index contributed by atoms with van der Waals surface area (Å²) in [6.45, 7) is 7.78. The van der Waals surface area contributed by atoms with E-state index < -0.39 is 0 Å². The number of hydrogen-bond acceptors (Lipinski definition) is 3. The number of likely N-dealkylation sites (tertiary alicyclic amines) is 1. The first-order valence-corrected chi connectivity index (χ1v) is 4.72. The van der Waals surface area contributed by atoms with E-state index in [9.17, 15) is 0 Å². The molecule has 0 spiro atoms. The van der Waals surface area contributed by atoms with Crippen LogP contribution in [0, 0.1) is 11.8 Å². The van der Waals surface area contributed by atoms with Gasteiger partial charge >= 0.3 is 0 Å². The molecule has 1 atom stereocenters. The van der Waals surface area contributed by atoms with Crippen LogP contribution in [0.1, 0.15) is 13.8 Å². The fraction of sp³-hybridized carbons (Fsp3) is 1.00. The summed E-state index contributed by atoms with van der Waals surface area (Å²) in [6, 6.07) is -0.0573. The van der Waals surface area contributed by atoms with Crippen molar-refractivity contribution in [2.75, 3.05) is 26.2 Å². The fourth-order valence-corrected chi connectivity index (χ4v) is 1.57. The van der Waals surface area contributed by atoms with Gasteiger partial charge in [-0.15, -0.1) is 0 Å². The van der Waals surface area contributed by atoms with Crippen molar-refractivity contribution in [1.82, 2.24) is 4.90 Å². The Bertz CT molecular complexity index is 132. The van der Waals surface area contributed by atoms with Gasteiger partial charge in [0, 0.05) is 25.7 Å². The van der Waals surface area contributed by atoms with Crippen molar-refractivity contribution < 1.29 is 5.11 Å². The Kier molecular flexibility index (Phi) is 3.50. The van der Waals surface area contributed by atoms with E-state index in [0.717, 1.165) is 31.5 Å². The summed E-state index contributed by atoms with van der Waals surface area (Å²) in [5, 5.41) is 8.73. The highest BCUT2D eigenvalue weighted by Gasteiger charge is 2.29. The molecule has 0 radical (unpaired) electrons. The molecular formula is C9H20N2O. The van der Waals surface area contributed by atoms with Crippen LogP contribution in [0.25, 0.3) is 0 Å². The van der Waals surface area contributed by atoms with E-state index in [2.05, 4.69) is 18.7 Å². The van der Waals surface area contributed by atoms with Crippen LogP contribution in [0.15, 0.2) is 0 Å². The second-order valence-electron chi connectivity index (χ2n) is 4.17. The van der Waals surface area contributed by atoms with Crippen LogP contribution in [-0.4, -0.2) is 42.3 Å². The largest absolute Gasteiger partial charge is 0.395 e. The monoisotopic (exact) mass is 172 g/mol. The predicted octanol–water partition coefficient (Wildman–Crippen LogP) is -0.106. The molecule has 3 heteroatoms. The van der Waals surface area contributed by atoms with Crippen LogP contribution >= 0.6 is 0 Å². The van der Waals surface area contributed by atoms with E-state index in [0.29, 0.717) is 0 Å². The van der Waals surface area contributed by atoms with E-state index in [4.69, 9.17) is 10.8 Å². The topological polar surface area (TPSA) is 49.5 Å². The van der Waals surface area contributed by atoms with Gasteiger partial charge in [0.05, 0.1) is 6.61 Å². The Morgan fingerprint density at radius 3 is 2.50 bits per heavy atom. The van der Waals surface area contributed by atoms with Crippen molar-refractivity contribution in [1.29, 1.82) is 0 Å². The molecular weight excluding hydrogens is 152 g/mol. The maximum atomic E-state index is 8.73. The summed E-state index contributed by atoms with van der Waals surface area (Å²) < 4.78 is 0. The Balaban J connectivity index is 2.09. The van der Waals surface area contributed by atoms with E-state index in [-0.39, 0.29) is 12.6 Å². The molecule has 3 nitrogen and oxygen atoms in total. The first kappa shape index (κ1) is 9.96. The van der Waals surface area contributed by atoms with Gasteiger partial charge in [-0.25, -0.2) is 0 Å². The summed E-state index contributed by atoms with van der Waals surface area (Å²) >= 11 is 0. The lowest BCUT2D eigenvalue weighted by Gasteiger charge is -2.42. The van der Waals surface area contributed by atoms with Gasteiger partial charge in [-0.1, -0.05) is 13.8 Å². The summed E-state index contributed by atoms with van der Waals surface area (Å²) in [5.41, 5.74) is 5.61. The molecule has 1 unspecified atom stereocenters. The van der Waals surface area contributed by atoms with Gasteiger partial charge in [-0.05, 0) is 11.8 Å². The van der Waals surface area contributed by atoms with Crippen molar-refractivity contribution >= 4 is 0 Å². The molecule has 1 aliphatic rings. The Morgan fingerprint density at radius 1 is 1.50 bits per heavy atom. The lowest BCUT2D eigenvalue weighted by atomic mass is 9.88. The second kappa shape index (κ2) is 4.21. The van der Waals surface area contributed by atoms with Crippen LogP contribution in [0.4, 0.5) is 0 Å². The second-order valence-corrected chi connectivity index (χ2v) is 4.17. The zero-order valence-corrected chi connectivity index (χ0v) is 8.03. The lowest BCUT2D eigenvalue weighted by Crippen LogP contribution is -2.53. The molecule has 1 fully saturated rings. The van der Waals surface area contributed by atoms with Gasteiger partial charge in [-0.2, -0.15) is 0 Å². The number of aliphatic hydroxyl groups is 1. The lowest BCUT2D eigenvalue weighted by molar-refractivity contribution is 0.0561. The average molecular weight is 172 g/mol. The molecule has 1 saturated heterocycles. The third-order valence-electron chi connectivity index (χ3n) is 2.66. The molecule has 3 N–H and O–H groups in total. The smallest absolute Gasteiger partial charge is 0.0595 e. The first-order valence-electron chi connectivity index (χ1n) is 4.72. The van der Waals surface area contributed by atoms with Crippen LogP contribution in [0.2, 0.25) is 0 Å². The van der Waals surface area contributed by atoms with Crippen molar-refractivity contribution in [3.63, 3.8) is 0 Å². The van der Waals surface area contributed by atoms with Gasteiger partial charge in [0.2, 0.25) is 0 Å². The Labute approximate surface area is 74.5 Å². The normalized spacial score (nSPS) is 22.8. The molecule has 0 aromatic carbocycles. The molecule has 0 aliphatic carbocycles. The fourth-order valence-electron chi connectivity index (χ4n) is 1.57. The van der Waals surface area contributed by atoms with E-state index in [1.54, 1.807) is 0 Å². The van der Waals surface area contributed by atoms with Crippen LogP contribution in [0.3, 0.4) is 0 Å². The number of nitrogens with two attached hydrogens (primary N) is 1. The zero-order valence-electron chi connectivity index (χ0n) is 8.03. The number of nitrogens with zero attached hydrogens (tertiary/aromatic N) is 1. The third-order valence-corrected chi connectivity index (χ3v) is 2.66. The summed E-state index contributed by atoms with van der Waals surface area (Å²) in [6.07, 6.45) is 0. The van der Waals surface area contributed by atoms with E-state index >= 15 is 0 Å². The van der Waals surface area contributed by atoms with Gasteiger partial charge in [0.15, 0.2) is 0 Å². The number of rotatable bonds is 4. The third kappa shape index (κ3) is 2.44. The number of hydrogen-bond donors (Lipinski definition) is 2. The quantitative estimate of drug-likeness (QED) is 0.622. The Morgan fingerprint density at radius 2 is 2.08 bits per heavy atom. The highest BCUT2D eigenvalue weighted by Crippen LogP contribution is 2.22. The summed E-state index contributed by atoms with van der Waals surface area (Å²) in [4.78, 5) is 2.31. The molecule has 0 aromatic rings. The van der Waals surface area contributed by atoms with Gasteiger partial charge in [-0.3, -0.25) is 0 Å². The highest BCUT2D eigenvalue weighted by atomic mass is 16.3. The molecule has 0 aromatic heterocycles. The van der Waals surface area contributed by atoms with Gasteiger partial charge in [0.1, 0.15) is 0 Å². The minimum atomic E-state index is -0.0573. The van der Waals surface area contributed by atoms with Crippen LogP contribution in [-0.2, 0) is 0 Å². The maximum absolute atomic E-state index is 8.73. The maximum Gasteiger partial charge on any atom is 0.0595 e. The van der Waals surface area contributed by atoms with Gasteiger partial charge < -0.3 is 15.7 Å². The molecule has 1 aliphatic heterocycles. The SMILES string of the molecule is CC(C)C1CN(CC(N)CO)C1. The predicted molar refractivity (Wildman–Crippen MR) is 49.8 cm³/mol. The molecule has 1 heterocycles. The number of aliphatic hydroxyl groups excluding tert-OH is 1. The highest BCUT2D eigenvalue weighted by molar-refractivity contribution is 4.83. The van der Waals surface area contributed by atoms with Crippen LogP contribution in [0.5, 0.6) is 0 Å². The van der Waals surface area contributed by atoms with Crippen molar-refractivity contribution in [3.05, 3.63) is 0 Å². The molecule has 12 heavy (non-hydrogen) atoms. The molecule has 0 saturated carbocycles. The molecule has 0 bridgehead atoms. The zero-order chi connectivity index (χ0) is 9.14. The van der Waals surface area contributed by atoms with Gasteiger partial charge in [0.25, 0.3) is 0 Å². The first-order chi connectivity index (χ1) is 5.63. The van der Waals surface area contributed by atoms with Crippen molar-refractivity contribution in [3.8, 4) is 0 Å². The van der Waals surface area contributed by atoms with Crippen molar-refractivity contribution in [2.24, 2.45) is 17.6 Å².